The van der Waals surface area contributed by atoms with Crippen molar-refractivity contribution >= 4 is 11.6 Å². The average molecular weight is 314 g/mol. The summed E-state index contributed by atoms with van der Waals surface area (Å²) < 4.78 is 5.85. The van der Waals surface area contributed by atoms with Crippen LogP contribution in [0.1, 0.15) is 46.1 Å². The van der Waals surface area contributed by atoms with Crippen molar-refractivity contribution in [2.24, 2.45) is 5.92 Å². The molecule has 0 radical (unpaired) electrons. The highest BCUT2D eigenvalue weighted by atomic mass is 35.5. The number of rotatable bonds is 9. The molecule has 0 spiro atoms. The van der Waals surface area contributed by atoms with Crippen LogP contribution in [0, 0.1) is 5.92 Å². The van der Waals surface area contributed by atoms with Crippen molar-refractivity contribution in [2.75, 3.05) is 13.2 Å². The van der Waals surface area contributed by atoms with E-state index in [4.69, 9.17) is 16.3 Å². The fourth-order valence-corrected chi connectivity index (χ4v) is 2.18. The molecule has 0 aromatic heterocycles. The first-order valence-corrected chi connectivity index (χ1v) is 8.12. The van der Waals surface area contributed by atoms with Crippen molar-refractivity contribution in [3.05, 3.63) is 28.8 Å². The second-order valence-corrected chi connectivity index (χ2v) is 6.43. The summed E-state index contributed by atoms with van der Waals surface area (Å²) >= 11 is 6.07. The number of aliphatic hydroxyl groups is 1. The lowest BCUT2D eigenvalue weighted by molar-refractivity contribution is -0.0116. The molecule has 2 N–H and O–H groups in total. The average Bonchev–Trinajstić information content (AvgIpc) is 2.45. The first kappa shape index (κ1) is 18.3. The lowest BCUT2D eigenvalue weighted by atomic mass is 9.99. The molecule has 0 fully saturated rings. The standard InChI is InChI=1S/C17H28ClNO2/c1-5-17(20,6-2)12-21-16-8-7-15(18)9-14(16)11-19-10-13(3)4/h7-9,13,19-20H,5-6,10-12H2,1-4H3. The van der Waals surface area contributed by atoms with Crippen LogP contribution in [0.25, 0.3) is 0 Å². The van der Waals surface area contributed by atoms with Crippen LogP contribution in [0.3, 0.4) is 0 Å². The summed E-state index contributed by atoms with van der Waals surface area (Å²) in [4.78, 5) is 0. The molecule has 3 nitrogen and oxygen atoms in total. The van der Waals surface area contributed by atoms with Gasteiger partial charge in [-0.2, -0.15) is 0 Å². The molecule has 0 unspecified atom stereocenters. The Morgan fingerprint density at radius 3 is 2.52 bits per heavy atom. The fourth-order valence-electron chi connectivity index (χ4n) is 1.99. The van der Waals surface area contributed by atoms with Crippen molar-refractivity contribution in [3.8, 4) is 5.75 Å². The largest absolute Gasteiger partial charge is 0.490 e. The quantitative estimate of drug-likeness (QED) is 0.723. The Morgan fingerprint density at radius 1 is 1.29 bits per heavy atom. The van der Waals surface area contributed by atoms with Crippen LogP contribution in [-0.2, 0) is 6.54 Å². The molecule has 0 saturated heterocycles. The molecule has 0 bridgehead atoms. The van der Waals surface area contributed by atoms with Gasteiger partial charge in [-0.15, -0.1) is 0 Å². The van der Waals surface area contributed by atoms with E-state index < -0.39 is 5.60 Å². The Labute approximate surface area is 133 Å². The number of halogens is 1. The van der Waals surface area contributed by atoms with Crippen LogP contribution >= 0.6 is 11.6 Å². The summed E-state index contributed by atoms with van der Waals surface area (Å²) in [7, 11) is 0. The first-order valence-electron chi connectivity index (χ1n) is 7.74. The zero-order valence-electron chi connectivity index (χ0n) is 13.6. The van der Waals surface area contributed by atoms with Crippen LogP contribution in [0.4, 0.5) is 0 Å². The Bertz CT molecular complexity index is 431. The minimum absolute atomic E-state index is 0.304. The molecule has 0 atom stereocenters. The van der Waals surface area contributed by atoms with Gasteiger partial charge in [0.15, 0.2) is 0 Å². The van der Waals surface area contributed by atoms with Crippen LogP contribution in [0.5, 0.6) is 5.75 Å². The van der Waals surface area contributed by atoms with E-state index >= 15 is 0 Å². The van der Waals surface area contributed by atoms with Crippen molar-refractivity contribution in [1.82, 2.24) is 5.32 Å². The third kappa shape index (κ3) is 6.25. The van der Waals surface area contributed by atoms with Gasteiger partial charge in [-0.25, -0.2) is 0 Å². The highest BCUT2D eigenvalue weighted by molar-refractivity contribution is 6.30. The normalized spacial score (nSPS) is 12.0. The monoisotopic (exact) mass is 313 g/mol. The van der Waals surface area contributed by atoms with Crippen LogP contribution < -0.4 is 10.1 Å². The van der Waals surface area contributed by atoms with Gasteiger partial charge >= 0.3 is 0 Å². The maximum atomic E-state index is 10.3. The minimum atomic E-state index is -0.762. The minimum Gasteiger partial charge on any atom is -0.490 e. The molecular formula is C17H28ClNO2. The van der Waals surface area contributed by atoms with E-state index in [1.165, 1.54) is 0 Å². The number of hydrogen-bond acceptors (Lipinski definition) is 3. The van der Waals surface area contributed by atoms with E-state index in [2.05, 4.69) is 19.2 Å². The predicted octanol–water partition coefficient (Wildman–Crippen LogP) is 4.02. The van der Waals surface area contributed by atoms with Gasteiger partial charge in [0, 0.05) is 17.1 Å². The number of ether oxygens (including phenoxy) is 1. The van der Waals surface area contributed by atoms with E-state index in [0.717, 1.165) is 17.9 Å². The number of benzene rings is 1. The summed E-state index contributed by atoms with van der Waals surface area (Å²) in [6, 6.07) is 5.61. The van der Waals surface area contributed by atoms with Gasteiger partial charge in [0.2, 0.25) is 0 Å². The summed E-state index contributed by atoms with van der Waals surface area (Å²) in [5.41, 5.74) is 0.264. The number of nitrogens with one attached hydrogen (secondary N) is 1. The summed E-state index contributed by atoms with van der Waals surface area (Å²) in [5.74, 6) is 1.38. The molecule has 1 aromatic carbocycles. The van der Waals surface area contributed by atoms with Crippen LogP contribution in [-0.4, -0.2) is 23.9 Å². The van der Waals surface area contributed by atoms with Gasteiger partial charge in [0.05, 0.1) is 5.60 Å². The third-order valence-corrected chi connectivity index (χ3v) is 3.94. The first-order chi connectivity index (χ1) is 9.90. The molecular weight excluding hydrogens is 286 g/mol. The molecule has 21 heavy (non-hydrogen) atoms. The van der Waals surface area contributed by atoms with E-state index in [-0.39, 0.29) is 0 Å². The molecule has 1 rings (SSSR count). The van der Waals surface area contributed by atoms with Gasteiger partial charge in [-0.3, -0.25) is 0 Å². The summed E-state index contributed by atoms with van der Waals surface area (Å²) in [6.07, 6.45) is 1.36. The second-order valence-electron chi connectivity index (χ2n) is 6.00. The van der Waals surface area contributed by atoms with Crippen molar-refractivity contribution in [1.29, 1.82) is 0 Å². The third-order valence-electron chi connectivity index (χ3n) is 3.70. The Kier molecular flexibility index (Phi) is 7.50. The topological polar surface area (TPSA) is 41.5 Å². The maximum Gasteiger partial charge on any atom is 0.124 e. The Balaban J connectivity index is 2.72. The summed E-state index contributed by atoms with van der Waals surface area (Å²) in [5, 5.41) is 14.4. The predicted molar refractivity (Wildman–Crippen MR) is 89.0 cm³/mol. The van der Waals surface area contributed by atoms with Gasteiger partial charge in [0.25, 0.3) is 0 Å². The zero-order chi connectivity index (χ0) is 15.9. The summed E-state index contributed by atoms with van der Waals surface area (Å²) in [6.45, 7) is 10.2. The van der Waals surface area contributed by atoms with Gasteiger partial charge < -0.3 is 15.2 Å². The van der Waals surface area contributed by atoms with Crippen molar-refractivity contribution < 1.29 is 9.84 Å². The second kappa shape index (κ2) is 8.62. The molecule has 0 amide bonds. The zero-order valence-corrected chi connectivity index (χ0v) is 14.3. The molecule has 1 aromatic rings. The Hall–Kier alpha value is -0.770. The van der Waals surface area contributed by atoms with Crippen LogP contribution in [0.15, 0.2) is 18.2 Å². The smallest absolute Gasteiger partial charge is 0.124 e. The van der Waals surface area contributed by atoms with Crippen molar-refractivity contribution in [3.63, 3.8) is 0 Å². The van der Waals surface area contributed by atoms with Gasteiger partial charge in [-0.05, 0) is 43.5 Å². The lowest BCUT2D eigenvalue weighted by Gasteiger charge is -2.26. The van der Waals surface area contributed by atoms with E-state index in [9.17, 15) is 5.11 Å². The lowest BCUT2D eigenvalue weighted by Crippen LogP contribution is -2.34. The molecule has 120 valence electrons. The molecule has 4 heteroatoms. The van der Waals surface area contributed by atoms with Gasteiger partial charge in [0.1, 0.15) is 12.4 Å². The van der Waals surface area contributed by atoms with Gasteiger partial charge in [-0.1, -0.05) is 39.3 Å². The van der Waals surface area contributed by atoms with E-state index in [0.29, 0.717) is 36.9 Å². The SMILES string of the molecule is CCC(O)(CC)COc1ccc(Cl)cc1CNCC(C)C. The highest BCUT2D eigenvalue weighted by Gasteiger charge is 2.23. The Morgan fingerprint density at radius 2 is 1.95 bits per heavy atom. The fraction of sp³-hybridized carbons (Fsp3) is 0.647. The molecule has 0 aliphatic heterocycles. The number of hydrogen-bond donors (Lipinski definition) is 2. The molecule has 0 aliphatic carbocycles. The maximum absolute atomic E-state index is 10.3. The van der Waals surface area contributed by atoms with Crippen molar-refractivity contribution in [2.45, 2.75) is 52.7 Å². The van der Waals surface area contributed by atoms with E-state index in [1.807, 2.05) is 32.0 Å². The highest BCUT2D eigenvalue weighted by Crippen LogP contribution is 2.25. The molecule has 0 saturated carbocycles. The van der Waals surface area contributed by atoms with E-state index in [1.54, 1.807) is 0 Å². The van der Waals surface area contributed by atoms with Crippen LogP contribution in [0.2, 0.25) is 5.02 Å². The molecule has 0 aliphatic rings. The molecule has 0 heterocycles.